The van der Waals surface area contributed by atoms with Crippen LogP contribution in [0.2, 0.25) is 0 Å². The summed E-state index contributed by atoms with van der Waals surface area (Å²) in [7, 11) is 0. The van der Waals surface area contributed by atoms with Crippen LogP contribution >= 0.6 is 15.9 Å². The van der Waals surface area contributed by atoms with Crippen molar-refractivity contribution < 1.29 is 4.79 Å². The smallest absolute Gasteiger partial charge is 0.253 e. The first-order valence-electron chi connectivity index (χ1n) is 6.46. The molecule has 0 unspecified atom stereocenters. The Kier molecular flexibility index (Phi) is 4.27. The van der Waals surface area contributed by atoms with Gasteiger partial charge in [-0.15, -0.1) is 0 Å². The van der Waals surface area contributed by atoms with Gasteiger partial charge in [0.25, 0.3) is 5.91 Å². The molecule has 98 valence electrons. The number of nitrogens with two attached hydrogens (primary N) is 1. The summed E-state index contributed by atoms with van der Waals surface area (Å²) in [4.78, 5) is 14.4. The summed E-state index contributed by atoms with van der Waals surface area (Å²) in [5.74, 6) is 0.835. The highest BCUT2D eigenvalue weighted by Crippen LogP contribution is 2.30. The summed E-state index contributed by atoms with van der Waals surface area (Å²) in [6.45, 7) is 3.83. The molecule has 1 aromatic carbocycles. The number of nitrogens with zero attached hydrogens (tertiary/aromatic N) is 1. The molecule has 3 nitrogen and oxygen atoms in total. The fourth-order valence-corrected chi connectivity index (χ4v) is 2.38. The lowest BCUT2D eigenvalue weighted by molar-refractivity contribution is 0.0747. The molecule has 18 heavy (non-hydrogen) atoms. The van der Waals surface area contributed by atoms with Gasteiger partial charge in [0.05, 0.1) is 0 Å². The molecule has 2 rings (SSSR count). The van der Waals surface area contributed by atoms with Crippen molar-refractivity contribution in [3.05, 3.63) is 28.2 Å². The lowest BCUT2D eigenvalue weighted by Crippen LogP contribution is -2.33. The summed E-state index contributed by atoms with van der Waals surface area (Å²) in [6.07, 6.45) is 3.52. The van der Waals surface area contributed by atoms with Crippen LogP contribution in [0.5, 0.6) is 0 Å². The molecule has 0 bridgehead atoms. The van der Waals surface area contributed by atoms with E-state index in [9.17, 15) is 4.79 Å². The average Bonchev–Trinajstić information content (AvgIpc) is 3.15. The third-order valence-corrected chi connectivity index (χ3v) is 3.89. The van der Waals surface area contributed by atoms with Gasteiger partial charge in [-0.05, 0) is 59.3 Å². The standard InChI is InChI=1S/C14H19BrN2O/c1-2-7-17(9-10-3-4-10)14(18)11-5-6-13(16)12(15)8-11/h5-6,8,10H,2-4,7,9,16H2,1H3. The summed E-state index contributed by atoms with van der Waals surface area (Å²) in [6, 6.07) is 5.39. The molecule has 1 aliphatic carbocycles. The summed E-state index contributed by atoms with van der Waals surface area (Å²) in [5.41, 5.74) is 7.12. The Morgan fingerprint density at radius 3 is 2.78 bits per heavy atom. The minimum absolute atomic E-state index is 0.115. The van der Waals surface area contributed by atoms with Gasteiger partial charge in [-0.1, -0.05) is 6.92 Å². The lowest BCUT2D eigenvalue weighted by Gasteiger charge is -2.22. The first-order chi connectivity index (χ1) is 8.61. The SMILES string of the molecule is CCCN(CC1CC1)C(=O)c1ccc(N)c(Br)c1. The molecule has 1 amide bonds. The topological polar surface area (TPSA) is 46.3 Å². The number of rotatable bonds is 5. The summed E-state index contributed by atoms with van der Waals surface area (Å²) >= 11 is 3.37. The molecule has 1 fully saturated rings. The Labute approximate surface area is 116 Å². The molecule has 0 aliphatic heterocycles. The first-order valence-corrected chi connectivity index (χ1v) is 7.25. The number of hydrogen-bond donors (Lipinski definition) is 1. The number of benzene rings is 1. The molecule has 0 spiro atoms. The fourth-order valence-electron chi connectivity index (χ4n) is 2.00. The van der Waals surface area contributed by atoms with Crippen LogP contribution in [0.3, 0.4) is 0 Å². The van der Waals surface area contributed by atoms with Crippen molar-refractivity contribution in [2.45, 2.75) is 26.2 Å². The molecule has 1 aromatic rings. The first kappa shape index (κ1) is 13.4. The molecular weight excluding hydrogens is 292 g/mol. The van der Waals surface area contributed by atoms with Crippen LogP contribution in [0.25, 0.3) is 0 Å². The highest BCUT2D eigenvalue weighted by Gasteiger charge is 2.26. The van der Waals surface area contributed by atoms with Crippen molar-refractivity contribution in [1.82, 2.24) is 4.90 Å². The number of carbonyl (C=O) groups excluding carboxylic acids is 1. The van der Waals surface area contributed by atoms with E-state index in [1.54, 1.807) is 12.1 Å². The molecule has 0 saturated heterocycles. The molecular formula is C14H19BrN2O. The number of halogens is 1. The van der Waals surface area contributed by atoms with Gasteiger partial charge in [0.15, 0.2) is 0 Å². The minimum Gasteiger partial charge on any atom is -0.398 e. The molecule has 1 saturated carbocycles. The van der Waals surface area contributed by atoms with E-state index in [0.29, 0.717) is 11.3 Å². The maximum absolute atomic E-state index is 12.4. The number of amides is 1. The van der Waals surface area contributed by atoms with E-state index >= 15 is 0 Å². The maximum Gasteiger partial charge on any atom is 0.253 e. The van der Waals surface area contributed by atoms with Crippen LogP contribution in [0, 0.1) is 5.92 Å². The number of nitrogen functional groups attached to an aromatic ring is 1. The normalized spacial score (nSPS) is 14.6. The van der Waals surface area contributed by atoms with Crippen LogP contribution in [0.15, 0.2) is 22.7 Å². The van der Waals surface area contributed by atoms with E-state index in [4.69, 9.17) is 5.73 Å². The van der Waals surface area contributed by atoms with Gasteiger partial charge >= 0.3 is 0 Å². The highest BCUT2D eigenvalue weighted by atomic mass is 79.9. The fraction of sp³-hybridized carbons (Fsp3) is 0.500. The van der Waals surface area contributed by atoms with Gasteiger partial charge in [0.2, 0.25) is 0 Å². The average molecular weight is 311 g/mol. The zero-order valence-corrected chi connectivity index (χ0v) is 12.2. The Balaban J connectivity index is 2.12. The van der Waals surface area contributed by atoms with Crippen molar-refractivity contribution in [3.8, 4) is 0 Å². The van der Waals surface area contributed by atoms with E-state index < -0.39 is 0 Å². The van der Waals surface area contributed by atoms with Crippen molar-refractivity contribution in [3.63, 3.8) is 0 Å². The Bertz CT molecular complexity index is 443. The second-order valence-electron chi connectivity index (χ2n) is 4.93. The van der Waals surface area contributed by atoms with Gasteiger partial charge in [-0.2, -0.15) is 0 Å². The third-order valence-electron chi connectivity index (χ3n) is 3.20. The highest BCUT2D eigenvalue weighted by molar-refractivity contribution is 9.10. The van der Waals surface area contributed by atoms with Crippen LogP contribution in [-0.4, -0.2) is 23.9 Å². The van der Waals surface area contributed by atoms with Crippen LogP contribution in [-0.2, 0) is 0 Å². The van der Waals surface area contributed by atoms with Crippen LogP contribution in [0.4, 0.5) is 5.69 Å². The van der Waals surface area contributed by atoms with Gasteiger partial charge < -0.3 is 10.6 Å². The Morgan fingerprint density at radius 2 is 2.22 bits per heavy atom. The second-order valence-corrected chi connectivity index (χ2v) is 5.79. The van der Waals surface area contributed by atoms with E-state index in [-0.39, 0.29) is 5.91 Å². The molecule has 4 heteroatoms. The monoisotopic (exact) mass is 310 g/mol. The van der Waals surface area contributed by atoms with Crippen molar-refractivity contribution in [1.29, 1.82) is 0 Å². The predicted octanol–water partition coefficient (Wildman–Crippen LogP) is 3.29. The van der Waals surface area contributed by atoms with E-state index in [1.807, 2.05) is 11.0 Å². The molecule has 0 aromatic heterocycles. The number of anilines is 1. The Morgan fingerprint density at radius 1 is 1.50 bits per heavy atom. The van der Waals surface area contributed by atoms with Gasteiger partial charge in [-0.3, -0.25) is 4.79 Å². The van der Waals surface area contributed by atoms with E-state index in [2.05, 4.69) is 22.9 Å². The van der Waals surface area contributed by atoms with Crippen LogP contribution < -0.4 is 5.73 Å². The molecule has 1 aliphatic rings. The molecule has 2 N–H and O–H groups in total. The quantitative estimate of drug-likeness (QED) is 0.848. The van der Waals surface area contributed by atoms with E-state index in [0.717, 1.165) is 29.9 Å². The minimum atomic E-state index is 0.115. The van der Waals surface area contributed by atoms with Crippen LogP contribution in [0.1, 0.15) is 36.5 Å². The zero-order chi connectivity index (χ0) is 13.1. The number of carbonyl (C=O) groups is 1. The third kappa shape index (κ3) is 3.25. The lowest BCUT2D eigenvalue weighted by atomic mass is 10.1. The molecule has 0 atom stereocenters. The Hall–Kier alpha value is -1.03. The van der Waals surface area contributed by atoms with Gasteiger partial charge in [-0.25, -0.2) is 0 Å². The van der Waals surface area contributed by atoms with Crippen molar-refractivity contribution in [2.75, 3.05) is 18.8 Å². The number of hydrogen-bond acceptors (Lipinski definition) is 2. The zero-order valence-electron chi connectivity index (χ0n) is 10.7. The summed E-state index contributed by atoms with van der Waals surface area (Å²) in [5, 5.41) is 0. The summed E-state index contributed by atoms with van der Waals surface area (Å²) < 4.78 is 0.788. The predicted molar refractivity (Wildman–Crippen MR) is 77.5 cm³/mol. The maximum atomic E-state index is 12.4. The molecule has 0 heterocycles. The second kappa shape index (κ2) is 5.74. The van der Waals surface area contributed by atoms with Gasteiger partial charge in [0.1, 0.15) is 0 Å². The largest absolute Gasteiger partial charge is 0.398 e. The van der Waals surface area contributed by atoms with Gasteiger partial charge in [0, 0.05) is 28.8 Å². The van der Waals surface area contributed by atoms with Crippen molar-refractivity contribution >= 4 is 27.5 Å². The molecule has 0 radical (unpaired) electrons. The van der Waals surface area contributed by atoms with Crippen molar-refractivity contribution in [2.24, 2.45) is 5.92 Å². The van der Waals surface area contributed by atoms with E-state index in [1.165, 1.54) is 12.8 Å².